The van der Waals surface area contributed by atoms with Crippen molar-refractivity contribution in [3.63, 3.8) is 0 Å². The van der Waals surface area contributed by atoms with Crippen molar-refractivity contribution in [2.24, 2.45) is 11.7 Å². The summed E-state index contributed by atoms with van der Waals surface area (Å²) in [4.78, 5) is 16.3. The van der Waals surface area contributed by atoms with Crippen molar-refractivity contribution in [3.05, 3.63) is 35.2 Å². The summed E-state index contributed by atoms with van der Waals surface area (Å²) in [6, 6.07) is 7.69. The Balaban J connectivity index is 2.02. The summed E-state index contributed by atoms with van der Waals surface area (Å²) in [7, 11) is 1.51. The molecule has 1 unspecified atom stereocenters. The number of nitrogens with zero attached hydrogens (tertiary/aromatic N) is 1. The van der Waals surface area contributed by atoms with Crippen molar-refractivity contribution in [2.45, 2.75) is 26.3 Å². The number of anilines is 1. The molecule has 2 rings (SSSR count). The number of ether oxygens (including phenoxy) is 1. The van der Waals surface area contributed by atoms with Crippen LogP contribution in [0.25, 0.3) is 11.3 Å². The van der Waals surface area contributed by atoms with E-state index in [1.807, 2.05) is 5.38 Å². The van der Waals surface area contributed by atoms with Crippen LogP contribution in [0.2, 0.25) is 0 Å². The van der Waals surface area contributed by atoms with Gasteiger partial charge in [-0.05, 0) is 17.9 Å². The van der Waals surface area contributed by atoms with Crippen molar-refractivity contribution < 1.29 is 9.53 Å². The third-order valence-corrected chi connectivity index (χ3v) is 4.07. The minimum absolute atomic E-state index is 0.182. The first-order chi connectivity index (χ1) is 11.0. The molecule has 0 aliphatic heterocycles. The normalized spacial score (nSPS) is 12.4. The maximum atomic E-state index is 11.8. The van der Waals surface area contributed by atoms with E-state index in [1.165, 1.54) is 24.0 Å². The summed E-state index contributed by atoms with van der Waals surface area (Å²) in [6.45, 7) is 4.59. The van der Waals surface area contributed by atoms with Gasteiger partial charge in [-0.15, -0.1) is 11.3 Å². The molecule has 1 amide bonds. The summed E-state index contributed by atoms with van der Waals surface area (Å²) in [5.41, 5.74) is 8.89. The summed E-state index contributed by atoms with van der Waals surface area (Å²) >= 11 is 1.38. The van der Waals surface area contributed by atoms with E-state index >= 15 is 0 Å². The third kappa shape index (κ3) is 5.13. The minimum Gasteiger partial charge on any atom is -0.383 e. The first kappa shape index (κ1) is 17.6. The number of nitrogens with two attached hydrogens (primary N) is 1. The Kier molecular flexibility index (Phi) is 6.27. The van der Waals surface area contributed by atoms with Crippen LogP contribution in [-0.4, -0.2) is 30.6 Å². The average molecular weight is 333 g/mol. The quantitative estimate of drug-likeness (QED) is 0.817. The highest BCUT2D eigenvalue weighted by atomic mass is 32.1. The summed E-state index contributed by atoms with van der Waals surface area (Å²) in [6.07, 6.45) is 1.07. The Morgan fingerprint density at radius 2 is 2.04 bits per heavy atom. The lowest BCUT2D eigenvalue weighted by Gasteiger charge is -2.08. The van der Waals surface area contributed by atoms with Crippen LogP contribution in [0.3, 0.4) is 0 Å². The zero-order valence-corrected chi connectivity index (χ0v) is 14.5. The van der Waals surface area contributed by atoms with E-state index in [9.17, 15) is 4.79 Å². The highest BCUT2D eigenvalue weighted by molar-refractivity contribution is 7.14. The maximum Gasteiger partial charge on any atom is 0.245 e. The van der Waals surface area contributed by atoms with Crippen LogP contribution in [0.15, 0.2) is 29.6 Å². The molecule has 0 spiro atoms. The van der Waals surface area contributed by atoms with Gasteiger partial charge in [-0.3, -0.25) is 4.79 Å². The van der Waals surface area contributed by atoms with Gasteiger partial charge in [0.25, 0.3) is 0 Å². The second kappa shape index (κ2) is 8.19. The van der Waals surface area contributed by atoms with Crippen molar-refractivity contribution in [3.8, 4) is 11.3 Å². The molecular weight excluding hydrogens is 310 g/mol. The van der Waals surface area contributed by atoms with Gasteiger partial charge < -0.3 is 15.8 Å². The molecule has 0 saturated carbocycles. The SMILES string of the molecule is COCC(N)C(=O)Nc1nc(-c2ccc(CC(C)C)cc2)cs1. The van der Waals surface area contributed by atoms with Crippen LogP contribution in [0.1, 0.15) is 19.4 Å². The lowest BCUT2D eigenvalue weighted by atomic mass is 10.0. The molecule has 1 aromatic heterocycles. The predicted molar refractivity (Wildman–Crippen MR) is 94.6 cm³/mol. The standard InChI is InChI=1S/C17H23N3O2S/c1-11(2)8-12-4-6-13(7-5-12)15-10-23-17(19-15)20-16(21)14(18)9-22-3/h4-7,10-11,14H,8-9,18H2,1-3H3,(H,19,20,21). The molecule has 0 radical (unpaired) electrons. The van der Waals surface area contributed by atoms with Crippen molar-refractivity contribution in [2.75, 3.05) is 19.0 Å². The van der Waals surface area contributed by atoms with Gasteiger partial charge >= 0.3 is 0 Å². The Labute approximate surface area is 140 Å². The number of carbonyl (C=O) groups is 1. The lowest BCUT2D eigenvalue weighted by Crippen LogP contribution is -2.39. The number of carbonyl (C=O) groups excluding carboxylic acids is 1. The minimum atomic E-state index is -0.692. The molecule has 0 bridgehead atoms. The zero-order chi connectivity index (χ0) is 16.8. The molecule has 0 saturated heterocycles. The van der Waals surface area contributed by atoms with Gasteiger partial charge in [0.2, 0.25) is 5.91 Å². The zero-order valence-electron chi connectivity index (χ0n) is 13.7. The van der Waals surface area contributed by atoms with E-state index in [4.69, 9.17) is 10.5 Å². The lowest BCUT2D eigenvalue weighted by molar-refractivity contribution is -0.118. The van der Waals surface area contributed by atoms with E-state index in [-0.39, 0.29) is 12.5 Å². The molecule has 6 heteroatoms. The molecule has 1 heterocycles. The number of benzene rings is 1. The van der Waals surface area contributed by atoms with Gasteiger partial charge in [0.1, 0.15) is 6.04 Å². The second-order valence-corrected chi connectivity index (χ2v) is 6.74. The van der Waals surface area contributed by atoms with E-state index < -0.39 is 6.04 Å². The molecule has 0 aliphatic carbocycles. The Bertz CT molecular complexity index is 638. The summed E-state index contributed by atoms with van der Waals surface area (Å²) in [5.74, 6) is 0.346. The van der Waals surface area contributed by atoms with E-state index in [1.54, 1.807) is 0 Å². The molecule has 1 atom stereocenters. The van der Waals surface area contributed by atoms with E-state index in [2.05, 4.69) is 48.4 Å². The summed E-state index contributed by atoms with van der Waals surface area (Å²) < 4.78 is 4.87. The Hall–Kier alpha value is -1.76. The van der Waals surface area contributed by atoms with Gasteiger partial charge in [-0.2, -0.15) is 0 Å². The molecule has 5 nitrogen and oxygen atoms in total. The number of nitrogens with one attached hydrogen (secondary N) is 1. The van der Waals surface area contributed by atoms with E-state index in [0.29, 0.717) is 11.0 Å². The number of thiazole rings is 1. The van der Waals surface area contributed by atoms with Gasteiger partial charge in [0, 0.05) is 18.1 Å². The number of hydrogen-bond donors (Lipinski definition) is 2. The smallest absolute Gasteiger partial charge is 0.245 e. The largest absolute Gasteiger partial charge is 0.383 e. The second-order valence-electron chi connectivity index (χ2n) is 5.88. The van der Waals surface area contributed by atoms with Crippen molar-refractivity contribution in [1.82, 2.24) is 4.98 Å². The van der Waals surface area contributed by atoms with Crippen LogP contribution < -0.4 is 11.1 Å². The Morgan fingerprint density at radius 1 is 1.35 bits per heavy atom. The first-order valence-corrected chi connectivity index (χ1v) is 8.47. The molecule has 23 heavy (non-hydrogen) atoms. The Morgan fingerprint density at radius 3 is 2.65 bits per heavy atom. The van der Waals surface area contributed by atoms with Crippen LogP contribution in [0.4, 0.5) is 5.13 Å². The topological polar surface area (TPSA) is 77.2 Å². The molecular formula is C17H23N3O2S. The molecule has 1 aromatic carbocycles. The summed E-state index contributed by atoms with van der Waals surface area (Å²) in [5, 5.41) is 5.19. The van der Waals surface area contributed by atoms with Gasteiger partial charge in [0.05, 0.1) is 12.3 Å². The number of hydrogen-bond acceptors (Lipinski definition) is 5. The first-order valence-electron chi connectivity index (χ1n) is 7.59. The number of amides is 1. The van der Waals surface area contributed by atoms with Crippen molar-refractivity contribution >= 4 is 22.4 Å². The van der Waals surface area contributed by atoms with Crippen LogP contribution in [-0.2, 0) is 16.0 Å². The molecule has 0 aliphatic rings. The van der Waals surface area contributed by atoms with E-state index in [0.717, 1.165) is 17.7 Å². The highest BCUT2D eigenvalue weighted by Gasteiger charge is 2.15. The number of rotatable bonds is 7. The molecule has 3 N–H and O–H groups in total. The van der Waals surface area contributed by atoms with Gasteiger partial charge in [0.15, 0.2) is 5.13 Å². The van der Waals surface area contributed by atoms with Crippen LogP contribution in [0, 0.1) is 5.92 Å². The molecule has 0 fully saturated rings. The number of aromatic nitrogens is 1. The average Bonchev–Trinajstić information content (AvgIpc) is 2.96. The van der Waals surface area contributed by atoms with Crippen LogP contribution >= 0.6 is 11.3 Å². The monoisotopic (exact) mass is 333 g/mol. The van der Waals surface area contributed by atoms with Gasteiger partial charge in [-0.25, -0.2) is 4.98 Å². The number of methoxy groups -OCH3 is 1. The molecule has 2 aromatic rings. The fourth-order valence-electron chi connectivity index (χ4n) is 2.20. The third-order valence-electron chi connectivity index (χ3n) is 3.31. The fourth-order valence-corrected chi connectivity index (χ4v) is 2.92. The highest BCUT2D eigenvalue weighted by Crippen LogP contribution is 2.25. The predicted octanol–water partition coefficient (Wildman–Crippen LogP) is 2.92. The van der Waals surface area contributed by atoms with Crippen molar-refractivity contribution in [1.29, 1.82) is 0 Å². The van der Waals surface area contributed by atoms with Crippen LogP contribution in [0.5, 0.6) is 0 Å². The fraction of sp³-hybridized carbons (Fsp3) is 0.412. The molecule has 124 valence electrons. The maximum absolute atomic E-state index is 11.8. The van der Waals surface area contributed by atoms with Gasteiger partial charge in [-0.1, -0.05) is 38.1 Å².